The Kier molecular flexibility index (Phi) is 7.46. The van der Waals surface area contributed by atoms with E-state index in [4.69, 9.17) is 10.7 Å². The van der Waals surface area contributed by atoms with Crippen molar-refractivity contribution >= 4 is 23.5 Å². The van der Waals surface area contributed by atoms with E-state index in [0.717, 1.165) is 56.4 Å². The van der Waals surface area contributed by atoms with E-state index in [0.29, 0.717) is 27.9 Å². The number of thioether (sulfide) groups is 1. The van der Waals surface area contributed by atoms with Crippen LogP contribution in [0.25, 0.3) is 0 Å². The summed E-state index contributed by atoms with van der Waals surface area (Å²) >= 11 is 1.23. The van der Waals surface area contributed by atoms with Gasteiger partial charge in [0.25, 0.3) is 0 Å². The third-order valence-electron chi connectivity index (χ3n) is 7.61. The number of benzene rings is 1. The Morgan fingerprint density at radius 2 is 1.69 bits per heavy atom. The summed E-state index contributed by atoms with van der Waals surface area (Å²) < 4.78 is 0. The normalized spacial score (nSPS) is 19.6. The van der Waals surface area contributed by atoms with Crippen LogP contribution in [0, 0.1) is 28.6 Å². The summed E-state index contributed by atoms with van der Waals surface area (Å²) in [5, 5.41) is 20.2. The minimum absolute atomic E-state index is 0.201. The smallest absolute Gasteiger partial charge is 0.235 e. The highest BCUT2D eigenvalue weighted by atomic mass is 32.2. The number of rotatable bonds is 8. The Morgan fingerprint density at radius 1 is 1.03 bits per heavy atom. The molecule has 1 atom stereocenters. The highest BCUT2D eigenvalue weighted by molar-refractivity contribution is 8.00. The zero-order valence-corrected chi connectivity index (χ0v) is 21.3. The average Bonchev–Trinajstić information content (AvgIpc) is 3.62. The molecule has 1 aromatic carbocycles. The molecule has 1 aromatic heterocycles. The fourth-order valence-corrected chi connectivity index (χ4v) is 6.61. The number of hydrogen-bond donors (Lipinski definition) is 1. The van der Waals surface area contributed by atoms with Crippen molar-refractivity contribution in [1.82, 2.24) is 9.88 Å². The summed E-state index contributed by atoms with van der Waals surface area (Å²) in [6, 6.07) is 14.1. The van der Waals surface area contributed by atoms with Crippen LogP contribution in [0.2, 0.25) is 0 Å². The first kappa shape index (κ1) is 24.6. The number of nitrogens with zero attached hydrogens (tertiary/aromatic N) is 5. The van der Waals surface area contributed by atoms with Gasteiger partial charge in [0.1, 0.15) is 28.2 Å². The lowest BCUT2D eigenvalue weighted by Gasteiger charge is -2.35. The maximum atomic E-state index is 12.4. The molecule has 3 aliphatic rings. The van der Waals surface area contributed by atoms with Crippen molar-refractivity contribution in [3.63, 3.8) is 0 Å². The molecule has 0 radical (unpaired) electrons. The lowest BCUT2D eigenvalue weighted by Crippen LogP contribution is -2.39. The van der Waals surface area contributed by atoms with Crippen LogP contribution in [-0.2, 0) is 4.79 Å². The first-order chi connectivity index (χ1) is 17.6. The van der Waals surface area contributed by atoms with Gasteiger partial charge in [0, 0.05) is 19.6 Å². The number of nitriles is 2. The Morgan fingerprint density at radius 3 is 2.28 bits per heavy atom. The largest absolute Gasteiger partial charge is 0.368 e. The summed E-state index contributed by atoms with van der Waals surface area (Å²) in [7, 11) is 0. The van der Waals surface area contributed by atoms with E-state index in [2.05, 4.69) is 21.9 Å². The van der Waals surface area contributed by atoms with E-state index < -0.39 is 11.2 Å². The minimum atomic E-state index is -0.662. The second-order valence-corrected chi connectivity index (χ2v) is 11.2. The zero-order chi connectivity index (χ0) is 25.1. The number of carbonyl (C=O) groups is 1. The molecule has 5 rings (SSSR count). The molecule has 2 aromatic rings. The van der Waals surface area contributed by atoms with Crippen LogP contribution in [0.5, 0.6) is 0 Å². The van der Waals surface area contributed by atoms with Crippen molar-refractivity contribution in [3.05, 3.63) is 52.6 Å². The van der Waals surface area contributed by atoms with Gasteiger partial charge in [-0.1, -0.05) is 42.1 Å². The van der Waals surface area contributed by atoms with E-state index in [1.54, 1.807) is 0 Å². The molecule has 1 amide bonds. The number of likely N-dealkylation sites (tertiary alicyclic amines) is 1. The fraction of sp³-hybridized carbons (Fsp3) is 0.500. The third kappa shape index (κ3) is 5.21. The maximum absolute atomic E-state index is 12.4. The molecule has 3 heterocycles. The van der Waals surface area contributed by atoms with Crippen molar-refractivity contribution in [2.45, 2.75) is 54.7 Å². The van der Waals surface area contributed by atoms with Crippen molar-refractivity contribution < 1.29 is 4.79 Å². The number of amides is 1. The molecule has 1 unspecified atom stereocenters. The number of pyridine rings is 1. The summed E-state index contributed by atoms with van der Waals surface area (Å²) in [5.41, 5.74) is 8.35. The minimum Gasteiger partial charge on any atom is -0.368 e. The van der Waals surface area contributed by atoms with Crippen LogP contribution in [-0.4, -0.2) is 48.5 Å². The van der Waals surface area contributed by atoms with Crippen molar-refractivity contribution in [3.8, 4) is 12.1 Å². The van der Waals surface area contributed by atoms with Gasteiger partial charge in [0.2, 0.25) is 5.91 Å². The third-order valence-corrected chi connectivity index (χ3v) is 8.87. The van der Waals surface area contributed by atoms with Crippen LogP contribution in [0.15, 0.2) is 35.4 Å². The molecule has 7 nitrogen and oxygen atoms in total. The molecule has 0 spiro atoms. The predicted molar refractivity (Wildman–Crippen MR) is 140 cm³/mol. The monoisotopic (exact) mass is 500 g/mol. The molecule has 186 valence electrons. The SMILES string of the molecule is N#Cc1c(SC(C(N)=O)c2ccccc2)nc(N2CCC(CN3CCCC3)CC2)c(C#N)c1C1CC1. The summed E-state index contributed by atoms with van der Waals surface area (Å²) in [4.78, 5) is 22.2. The second-order valence-electron chi connectivity index (χ2n) is 10.2. The van der Waals surface area contributed by atoms with E-state index in [1.165, 1.54) is 37.7 Å². The number of anilines is 1. The van der Waals surface area contributed by atoms with Gasteiger partial charge in [-0.05, 0) is 74.6 Å². The van der Waals surface area contributed by atoms with Crippen molar-refractivity contribution in [2.24, 2.45) is 11.7 Å². The summed E-state index contributed by atoms with van der Waals surface area (Å²) in [6.45, 7) is 5.27. The number of piperidine rings is 1. The Balaban J connectivity index is 1.46. The Bertz CT molecular complexity index is 1190. The zero-order valence-electron chi connectivity index (χ0n) is 20.5. The van der Waals surface area contributed by atoms with E-state index in [-0.39, 0.29) is 5.92 Å². The van der Waals surface area contributed by atoms with E-state index >= 15 is 0 Å². The van der Waals surface area contributed by atoms with Gasteiger partial charge in [0.05, 0.1) is 11.1 Å². The Labute approximate surface area is 217 Å². The molecule has 2 saturated heterocycles. The first-order valence-corrected chi connectivity index (χ1v) is 13.8. The summed E-state index contributed by atoms with van der Waals surface area (Å²) in [5.74, 6) is 1.06. The van der Waals surface area contributed by atoms with Gasteiger partial charge >= 0.3 is 0 Å². The predicted octanol–water partition coefficient (Wildman–Crippen LogP) is 4.33. The van der Waals surface area contributed by atoms with Crippen molar-refractivity contribution in [2.75, 3.05) is 37.6 Å². The van der Waals surface area contributed by atoms with E-state index in [1.807, 2.05) is 30.3 Å². The molecular formula is C28H32N6OS. The molecule has 0 bridgehead atoms. The topological polar surface area (TPSA) is 110 Å². The standard InChI is InChI=1S/C28H32N6OS/c29-16-22-24(20-8-9-20)23(17-30)28(36-25(26(31)35)21-6-2-1-3-7-21)32-27(22)34-14-10-19(11-15-34)18-33-12-4-5-13-33/h1-3,6-7,19-20,25H,4-5,8-15,18H2,(H2,31,35). The first-order valence-electron chi connectivity index (χ1n) is 12.9. The quantitative estimate of drug-likeness (QED) is 0.537. The Hall–Kier alpha value is -3.07. The van der Waals surface area contributed by atoms with Gasteiger partial charge in [0.15, 0.2) is 0 Å². The second kappa shape index (κ2) is 10.9. The molecular weight excluding hydrogens is 468 g/mol. The van der Waals surface area contributed by atoms with E-state index in [9.17, 15) is 15.3 Å². The van der Waals surface area contributed by atoms with Crippen LogP contribution in [0.3, 0.4) is 0 Å². The molecule has 3 fully saturated rings. The summed E-state index contributed by atoms with van der Waals surface area (Å²) in [6.07, 6.45) is 6.67. The molecule has 36 heavy (non-hydrogen) atoms. The highest BCUT2D eigenvalue weighted by Crippen LogP contribution is 2.48. The molecule has 2 aliphatic heterocycles. The van der Waals surface area contributed by atoms with Crippen LogP contribution in [0.4, 0.5) is 5.82 Å². The molecule has 1 aliphatic carbocycles. The molecule has 1 saturated carbocycles. The maximum Gasteiger partial charge on any atom is 0.235 e. The highest BCUT2D eigenvalue weighted by Gasteiger charge is 2.36. The molecule has 8 heteroatoms. The van der Waals surface area contributed by atoms with Gasteiger partial charge < -0.3 is 15.5 Å². The number of carbonyl (C=O) groups excluding carboxylic acids is 1. The number of primary amides is 1. The molecule has 2 N–H and O–H groups in total. The number of nitrogens with two attached hydrogens (primary N) is 1. The fourth-order valence-electron chi connectivity index (χ4n) is 5.57. The van der Waals surface area contributed by atoms with Gasteiger partial charge in [-0.2, -0.15) is 10.5 Å². The van der Waals surface area contributed by atoms with Crippen LogP contribution >= 0.6 is 11.8 Å². The van der Waals surface area contributed by atoms with Crippen LogP contribution in [0.1, 0.15) is 71.9 Å². The number of hydrogen-bond acceptors (Lipinski definition) is 7. The van der Waals surface area contributed by atoms with Gasteiger partial charge in [-0.3, -0.25) is 4.79 Å². The lowest BCUT2D eigenvalue weighted by molar-refractivity contribution is -0.117. The number of aromatic nitrogens is 1. The van der Waals surface area contributed by atoms with Gasteiger partial charge in [-0.25, -0.2) is 4.98 Å². The van der Waals surface area contributed by atoms with Crippen LogP contribution < -0.4 is 10.6 Å². The lowest BCUT2D eigenvalue weighted by atomic mass is 9.94. The van der Waals surface area contributed by atoms with Crippen molar-refractivity contribution in [1.29, 1.82) is 10.5 Å². The van der Waals surface area contributed by atoms with Gasteiger partial charge in [-0.15, -0.1) is 0 Å². The average molecular weight is 501 g/mol.